The van der Waals surface area contributed by atoms with Crippen molar-refractivity contribution < 1.29 is 35.9 Å². The van der Waals surface area contributed by atoms with Crippen LogP contribution in [0.1, 0.15) is 10.4 Å². The monoisotopic (exact) mass is 306 g/mol. The lowest BCUT2D eigenvalue weighted by Gasteiger charge is -2.09. The Balaban J connectivity index is 2.46. The van der Waals surface area contributed by atoms with Crippen LogP contribution in [0.2, 0.25) is 0 Å². The predicted molar refractivity (Wildman–Crippen MR) is 57.6 cm³/mol. The van der Waals surface area contributed by atoms with Crippen molar-refractivity contribution in [1.29, 1.82) is 0 Å². The molecule has 0 heterocycles. The minimum absolute atomic E-state index is 0.721. The number of hydrogen-bond acceptors (Lipinski definition) is 2. The Morgan fingerprint density at radius 2 is 1.24 bits per heavy atom. The Morgan fingerprint density at radius 1 is 0.762 bits per heavy atom. The molecule has 0 unspecified atom stereocenters. The number of rotatable bonds is 2. The van der Waals surface area contributed by atoms with Crippen molar-refractivity contribution in [3.63, 3.8) is 0 Å². The maximum absolute atomic E-state index is 13.3. The summed E-state index contributed by atoms with van der Waals surface area (Å²) in [6.45, 7) is 0. The molecule has 0 radical (unpaired) electrons. The summed E-state index contributed by atoms with van der Waals surface area (Å²) in [4.78, 5) is 11.5. The van der Waals surface area contributed by atoms with Crippen LogP contribution in [0.5, 0.6) is 5.75 Å². The van der Waals surface area contributed by atoms with Crippen molar-refractivity contribution in [2.75, 3.05) is 0 Å². The fraction of sp³-hybridized carbons (Fsp3) is 0. The molecule has 0 N–H and O–H groups in total. The van der Waals surface area contributed by atoms with E-state index in [0.29, 0.717) is 0 Å². The van der Waals surface area contributed by atoms with Gasteiger partial charge in [0.05, 0.1) is 5.56 Å². The summed E-state index contributed by atoms with van der Waals surface area (Å²) in [6, 6.07) is 4.22. The van der Waals surface area contributed by atoms with E-state index in [2.05, 4.69) is 4.74 Å². The van der Waals surface area contributed by atoms with Crippen molar-refractivity contribution in [2.24, 2.45) is 0 Å². The summed E-state index contributed by atoms with van der Waals surface area (Å²) in [5.41, 5.74) is -0.721. The Hall–Kier alpha value is -2.51. The molecule has 0 aromatic heterocycles. The molecule has 0 bridgehead atoms. The molecule has 2 nitrogen and oxygen atoms in total. The minimum Gasteiger partial charge on any atom is -0.416 e. The van der Waals surface area contributed by atoms with Crippen molar-refractivity contribution >= 4 is 5.97 Å². The van der Waals surface area contributed by atoms with Gasteiger partial charge in [-0.1, -0.05) is 12.1 Å². The van der Waals surface area contributed by atoms with Gasteiger partial charge >= 0.3 is 5.97 Å². The second kappa shape index (κ2) is 5.47. The zero-order valence-corrected chi connectivity index (χ0v) is 9.89. The lowest BCUT2D eigenvalue weighted by atomic mass is 10.2. The second-order valence-corrected chi connectivity index (χ2v) is 3.77. The maximum Gasteiger partial charge on any atom is 0.346 e. The third kappa shape index (κ3) is 2.56. The lowest BCUT2D eigenvalue weighted by molar-refractivity contribution is 0.0711. The van der Waals surface area contributed by atoms with Crippen LogP contribution in [0.15, 0.2) is 24.3 Å². The quantitative estimate of drug-likeness (QED) is 0.278. The van der Waals surface area contributed by atoms with Crippen LogP contribution >= 0.6 is 0 Å². The SMILES string of the molecule is O=C(Oc1c(F)c(F)c(F)c(F)c1F)c1ccccc1F. The van der Waals surface area contributed by atoms with Gasteiger partial charge in [0, 0.05) is 0 Å². The average molecular weight is 306 g/mol. The first-order valence-electron chi connectivity index (χ1n) is 5.32. The number of carbonyl (C=O) groups excluding carboxylic acids is 1. The standard InChI is InChI=1S/C13H4F6O2/c14-6-4-2-1-3-5(6)13(20)21-12-10(18)8(16)7(15)9(17)11(12)19/h1-4H. The van der Waals surface area contributed by atoms with E-state index in [1.807, 2.05) is 0 Å². The highest BCUT2D eigenvalue weighted by atomic mass is 19.2. The molecule has 0 atom stereocenters. The second-order valence-electron chi connectivity index (χ2n) is 3.77. The summed E-state index contributed by atoms with van der Waals surface area (Å²) < 4.78 is 82.5. The Kier molecular flexibility index (Phi) is 3.88. The first-order valence-corrected chi connectivity index (χ1v) is 5.32. The molecule has 0 saturated carbocycles. The van der Waals surface area contributed by atoms with Crippen molar-refractivity contribution in [3.05, 3.63) is 64.7 Å². The molecule has 8 heteroatoms. The molecular weight excluding hydrogens is 302 g/mol. The fourth-order valence-corrected chi connectivity index (χ4v) is 1.45. The minimum atomic E-state index is -2.39. The van der Waals surface area contributed by atoms with E-state index in [-0.39, 0.29) is 0 Å². The van der Waals surface area contributed by atoms with Crippen LogP contribution in [0.25, 0.3) is 0 Å². The van der Waals surface area contributed by atoms with E-state index in [9.17, 15) is 31.1 Å². The first kappa shape index (κ1) is 14.9. The van der Waals surface area contributed by atoms with Crippen LogP contribution in [-0.2, 0) is 0 Å². The van der Waals surface area contributed by atoms with E-state index in [0.717, 1.165) is 12.1 Å². The number of esters is 1. The lowest BCUT2D eigenvalue weighted by Crippen LogP contribution is -2.15. The molecule has 110 valence electrons. The third-order valence-electron chi connectivity index (χ3n) is 2.46. The molecule has 0 aliphatic carbocycles. The summed E-state index contributed by atoms with van der Waals surface area (Å²) >= 11 is 0. The summed E-state index contributed by atoms with van der Waals surface area (Å²) in [7, 11) is 0. The van der Waals surface area contributed by atoms with Crippen LogP contribution in [0, 0.1) is 34.9 Å². The normalized spacial score (nSPS) is 10.6. The van der Waals surface area contributed by atoms with Gasteiger partial charge in [0.15, 0.2) is 0 Å². The van der Waals surface area contributed by atoms with Gasteiger partial charge in [-0.25, -0.2) is 22.4 Å². The summed E-state index contributed by atoms with van der Waals surface area (Å²) in [5, 5.41) is 0. The molecule has 0 aliphatic heterocycles. The molecule has 0 spiro atoms. The van der Waals surface area contributed by atoms with E-state index in [4.69, 9.17) is 0 Å². The number of halogens is 6. The highest BCUT2D eigenvalue weighted by Gasteiger charge is 2.29. The number of carbonyl (C=O) groups is 1. The Bertz CT molecular complexity index is 700. The molecule has 0 amide bonds. The molecule has 0 aliphatic rings. The Labute approximate surface area is 113 Å². The van der Waals surface area contributed by atoms with Crippen LogP contribution in [0.3, 0.4) is 0 Å². The average Bonchev–Trinajstić information content (AvgIpc) is 2.48. The van der Waals surface area contributed by atoms with Gasteiger partial charge in [-0.15, -0.1) is 0 Å². The van der Waals surface area contributed by atoms with Crippen LogP contribution in [-0.4, -0.2) is 5.97 Å². The van der Waals surface area contributed by atoms with Gasteiger partial charge in [0.2, 0.25) is 34.8 Å². The van der Waals surface area contributed by atoms with E-state index < -0.39 is 52.2 Å². The Morgan fingerprint density at radius 3 is 1.76 bits per heavy atom. The van der Waals surface area contributed by atoms with Crippen LogP contribution in [0.4, 0.5) is 26.3 Å². The van der Waals surface area contributed by atoms with Crippen molar-refractivity contribution in [1.82, 2.24) is 0 Å². The number of ether oxygens (including phenoxy) is 1. The zero-order chi connectivity index (χ0) is 15.7. The van der Waals surface area contributed by atoms with E-state index >= 15 is 0 Å². The van der Waals surface area contributed by atoms with Crippen molar-refractivity contribution in [2.45, 2.75) is 0 Å². The van der Waals surface area contributed by atoms with Gasteiger partial charge in [0.1, 0.15) is 5.82 Å². The molecule has 2 aromatic rings. The van der Waals surface area contributed by atoms with Gasteiger partial charge in [-0.2, -0.15) is 8.78 Å². The molecule has 0 saturated heterocycles. The van der Waals surface area contributed by atoms with E-state index in [1.165, 1.54) is 12.1 Å². The van der Waals surface area contributed by atoms with Gasteiger partial charge in [0.25, 0.3) is 0 Å². The summed E-state index contributed by atoms with van der Waals surface area (Å²) in [6.07, 6.45) is 0. The van der Waals surface area contributed by atoms with Crippen molar-refractivity contribution in [3.8, 4) is 5.75 Å². The van der Waals surface area contributed by atoms with E-state index in [1.54, 1.807) is 0 Å². The molecule has 21 heavy (non-hydrogen) atoms. The van der Waals surface area contributed by atoms with Crippen LogP contribution < -0.4 is 4.74 Å². The van der Waals surface area contributed by atoms with Gasteiger partial charge in [-0.3, -0.25) is 0 Å². The van der Waals surface area contributed by atoms with Gasteiger partial charge < -0.3 is 4.74 Å². The molecule has 2 rings (SSSR count). The predicted octanol–water partition coefficient (Wildman–Crippen LogP) is 3.74. The smallest absolute Gasteiger partial charge is 0.346 e. The number of benzene rings is 2. The van der Waals surface area contributed by atoms with Gasteiger partial charge in [-0.05, 0) is 12.1 Å². The highest BCUT2D eigenvalue weighted by molar-refractivity contribution is 5.91. The first-order chi connectivity index (χ1) is 9.84. The molecule has 0 fully saturated rings. The highest BCUT2D eigenvalue weighted by Crippen LogP contribution is 2.29. The molecule has 2 aromatic carbocycles. The topological polar surface area (TPSA) is 26.3 Å². The largest absolute Gasteiger partial charge is 0.416 e. The summed E-state index contributed by atoms with van der Waals surface area (Å²) in [5.74, 6) is -16.1. The molecular formula is C13H4F6O2. The zero-order valence-electron chi connectivity index (χ0n) is 9.89. The maximum atomic E-state index is 13.3. The third-order valence-corrected chi connectivity index (χ3v) is 2.46. The number of hydrogen-bond donors (Lipinski definition) is 0. The fourth-order valence-electron chi connectivity index (χ4n) is 1.45.